The maximum Gasteiger partial charge on any atom is 0.0925 e. The van der Waals surface area contributed by atoms with Gasteiger partial charge in [-0.25, -0.2) is 0 Å². The maximum absolute atomic E-state index is 11.8. The van der Waals surface area contributed by atoms with Crippen LogP contribution in [0.5, 0.6) is 0 Å². The van der Waals surface area contributed by atoms with Gasteiger partial charge in [-0.2, -0.15) is 0 Å². The molecule has 0 N–H and O–H groups in total. The third kappa shape index (κ3) is 1.01. The molecule has 0 unspecified atom stereocenters. The minimum Gasteiger partial charge on any atom is -0.251 e. The van der Waals surface area contributed by atoms with Crippen LogP contribution in [0.3, 0.4) is 0 Å². The number of hydrogen-bond donors (Lipinski definition) is 0. The summed E-state index contributed by atoms with van der Waals surface area (Å²) in [5.41, 5.74) is 0. The van der Waals surface area contributed by atoms with E-state index in [4.69, 9.17) is 0 Å². The molecule has 0 aromatic rings. The summed E-state index contributed by atoms with van der Waals surface area (Å²) in [5.74, 6) is 1.84. The van der Waals surface area contributed by atoms with Crippen molar-refractivity contribution in [2.45, 2.75) is 20.3 Å². The van der Waals surface area contributed by atoms with Gasteiger partial charge in [0.1, 0.15) is 0 Å². The van der Waals surface area contributed by atoms with E-state index in [2.05, 4.69) is 13.8 Å². The lowest BCUT2D eigenvalue weighted by atomic mass is 10.1. The third-order valence-electron chi connectivity index (χ3n) is 2.03. The van der Waals surface area contributed by atoms with Crippen molar-refractivity contribution in [1.29, 1.82) is 0 Å². The van der Waals surface area contributed by atoms with Gasteiger partial charge in [-0.3, -0.25) is 4.39 Å². The SMILES string of the molecule is CC(C)[C@@H]1C[C@@H]1CF. The van der Waals surface area contributed by atoms with E-state index in [9.17, 15) is 4.39 Å². The highest BCUT2D eigenvalue weighted by Gasteiger charge is 2.38. The fraction of sp³-hybridized carbons (Fsp3) is 1.00. The molecule has 0 nitrogen and oxygen atoms in total. The van der Waals surface area contributed by atoms with Crippen LogP contribution in [0, 0.1) is 17.8 Å². The van der Waals surface area contributed by atoms with Crippen molar-refractivity contribution < 1.29 is 4.39 Å². The van der Waals surface area contributed by atoms with Crippen LogP contribution in [0.2, 0.25) is 0 Å². The van der Waals surface area contributed by atoms with Gasteiger partial charge in [0.2, 0.25) is 0 Å². The minimum absolute atomic E-state index is 0.0944. The number of hydrogen-bond acceptors (Lipinski definition) is 0. The highest BCUT2D eigenvalue weighted by molar-refractivity contribution is 4.87. The van der Waals surface area contributed by atoms with E-state index in [-0.39, 0.29) is 6.67 Å². The van der Waals surface area contributed by atoms with Crippen molar-refractivity contribution in [3.05, 3.63) is 0 Å². The molecule has 1 aliphatic carbocycles. The summed E-state index contributed by atoms with van der Waals surface area (Å²) >= 11 is 0. The Kier molecular flexibility index (Phi) is 1.54. The average molecular weight is 116 g/mol. The summed E-state index contributed by atoms with van der Waals surface area (Å²) in [6.07, 6.45) is 1.13. The molecule has 1 aliphatic rings. The molecular formula is C7H13F. The fourth-order valence-electron chi connectivity index (χ4n) is 1.26. The molecule has 0 aromatic carbocycles. The molecule has 0 spiro atoms. The van der Waals surface area contributed by atoms with Gasteiger partial charge in [0.05, 0.1) is 6.67 Å². The molecule has 0 heterocycles. The summed E-state index contributed by atoms with van der Waals surface area (Å²) < 4.78 is 11.8. The van der Waals surface area contributed by atoms with Crippen molar-refractivity contribution in [3.8, 4) is 0 Å². The Bertz CT molecular complexity index is 78.5. The zero-order valence-corrected chi connectivity index (χ0v) is 5.52. The second kappa shape index (κ2) is 2.04. The second-order valence-corrected chi connectivity index (χ2v) is 3.06. The Morgan fingerprint density at radius 2 is 2.25 bits per heavy atom. The standard InChI is InChI=1S/C7H13F/c1-5(2)7-3-6(7)4-8/h5-7H,3-4H2,1-2H3/t6-,7+/m1/s1. The quantitative estimate of drug-likeness (QED) is 0.519. The maximum atomic E-state index is 11.8. The Morgan fingerprint density at radius 1 is 1.62 bits per heavy atom. The van der Waals surface area contributed by atoms with Crippen LogP contribution in [-0.4, -0.2) is 6.67 Å². The van der Waals surface area contributed by atoms with E-state index in [0.717, 1.165) is 6.42 Å². The largest absolute Gasteiger partial charge is 0.251 e. The monoisotopic (exact) mass is 116 g/mol. The van der Waals surface area contributed by atoms with Crippen LogP contribution in [0.25, 0.3) is 0 Å². The molecule has 0 bridgehead atoms. The van der Waals surface area contributed by atoms with Crippen LogP contribution in [0.1, 0.15) is 20.3 Å². The highest BCUT2D eigenvalue weighted by atomic mass is 19.1. The molecule has 8 heavy (non-hydrogen) atoms. The zero-order chi connectivity index (χ0) is 6.15. The number of rotatable bonds is 2. The molecule has 0 saturated heterocycles. The van der Waals surface area contributed by atoms with Crippen LogP contribution >= 0.6 is 0 Å². The number of alkyl halides is 1. The van der Waals surface area contributed by atoms with Crippen molar-refractivity contribution in [3.63, 3.8) is 0 Å². The molecule has 1 fully saturated rings. The van der Waals surface area contributed by atoms with Crippen LogP contribution in [0.4, 0.5) is 4.39 Å². The van der Waals surface area contributed by atoms with Gasteiger partial charge in [-0.15, -0.1) is 0 Å². The second-order valence-electron chi connectivity index (χ2n) is 3.06. The van der Waals surface area contributed by atoms with Gasteiger partial charge in [0, 0.05) is 0 Å². The van der Waals surface area contributed by atoms with Crippen molar-refractivity contribution in [1.82, 2.24) is 0 Å². The Balaban J connectivity index is 2.16. The van der Waals surface area contributed by atoms with Crippen molar-refractivity contribution in [2.24, 2.45) is 17.8 Å². The summed E-state index contributed by atoms with van der Waals surface area (Å²) in [4.78, 5) is 0. The molecule has 1 saturated carbocycles. The lowest BCUT2D eigenvalue weighted by Crippen LogP contribution is -1.92. The Morgan fingerprint density at radius 3 is 2.38 bits per heavy atom. The van der Waals surface area contributed by atoms with Crippen LogP contribution in [-0.2, 0) is 0 Å². The summed E-state index contributed by atoms with van der Waals surface area (Å²) in [6, 6.07) is 0. The average Bonchev–Trinajstić information content (AvgIpc) is 2.42. The van der Waals surface area contributed by atoms with E-state index >= 15 is 0 Å². The van der Waals surface area contributed by atoms with E-state index in [0.29, 0.717) is 17.8 Å². The highest BCUT2D eigenvalue weighted by Crippen LogP contribution is 2.43. The van der Waals surface area contributed by atoms with Gasteiger partial charge >= 0.3 is 0 Å². The predicted molar refractivity (Wildman–Crippen MR) is 32.4 cm³/mol. The van der Waals surface area contributed by atoms with Crippen molar-refractivity contribution in [2.75, 3.05) is 6.67 Å². The first kappa shape index (κ1) is 6.06. The summed E-state index contributed by atoms with van der Waals surface area (Å²) in [7, 11) is 0. The lowest BCUT2D eigenvalue weighted by Gasteiger charge is -1.98. The van der Waals surface area contributed by atoms with E-state index in [1.165, 1.54) is 0 Å². The Labute approximate surface area is 50.1 Å². The summed E-state index contributed by atoms with van der Waals surface area (Å²) in [5, 5.41) is 0. The number of halogens is 1. The smallest absolute Gasteiger partial charge is 0.0925 e. The van der Waals surface area contributed by atoms with E-state index in [1.54, 1.807) is 0 Å². The first-order chi connectivity index (χ1) is 3.75. The molecular weight excluding hydrogens is 103 g/mol. The molecule has 0 aromatic heterocycles. The molecule has 0 aliphatic heterocycles. The van der Waals surface area contributed by atoms with Gasteiger partial charge in [0.25, 0.3) is 0 Å². The minimum atomic E-state index is -0.0944. The van der Waals surface area contributed by atoms with Gasteiger partial charge in [-0.05, 0) is 24.2 Å². The first-order valence-corrected chi connectivity index (χ1v) is 3.31. The lowest BCUT2D eigenvalue weighted by molar-refractivity contribution is 0.410. The molecule has 0 amide bonds. The Hall–Kier alpha value is -0.0700. The predicted octanol–water partition coefficient (Wildman–Crippen LogP) is 2.25. The van der Waals surface area contributed by atoms with Gasteiger partial charge in [-0.1, -0.05) is 13.8 Å². The topological polar surface area (TPSA) is 0 Å². The molecule has 2 atom stereocenters. The van der Waals surface area contributed by atoms with E-state index < -0.39 is 0 Å². The zero-order valence-electron chi connectivity index (χ0n) is 5.52. The first-order valence-electron chi connectivity index (χ1n) is 3.31. The van der Waals surface area contributed by atoms with Crippen molar-refractivity contribution >= 4 is 0 Å². The molecule has 0 radical (unpaired) electrons. The van der Waals surface area contributed by atoms with Gasteiger partial charge < -0.3 is 0 Å². The summed E-state index contributed by atoms with van der Waals surface area (Å²) in [6.45, 7) is 4.24. The van der Waals surface area contributed by atoms with Crippen LogP contribution in [0.15, 0.2) is 0 Å². The molecule has 1 rings (SSSR count). The third-order valence-corrected chi connectivity index (χ3v) is 2.03. The molecule has 48 valence electrons. The normalized spacial score (nSPS) is 36.0. The van der Waals surface area contributed by atoms with Crippen LogP contribution < -0.4 is 0 Å². The van der Waals surface area contributed by atoms with E-state index in [1.807, 2.05) is 0 Å². The molecule has 1 heteroatoms. The van der Waals surface area contributed by atoms with Gasteiger partial charge in [0.15, 0.2) is 0 Å². The fourth-order valence-corrected chi connectivity index (χ4v) is 1.26.